The van der Waals surface area contributed by atoms with Gasteiger partial charge in [0.1, 0.15) is 0 Å². The van der Waals surface area contributed by atoms with Gasteiger partial charge < -0.3 is 0 Å². The molecule has 0 amide bonds. The first kappa shape index (κ1) is 13.6. The number of rotatable bonds is 2. The van der Waals surface area contributed by atoms with Crippen LogP contribution in [0.2, 0.25) is 0 Å². The molecule has 0 aliphatic heterocycles. The minimum absolute atomic E-state index is 0.992. The minimum Gasteiger partial charge on any atom is -0.134 e. The van der Waals surface area contributed by atoms with E-state index >= 15 is 0 Å². The van der Waals surface area contributed by atoms with Gasteiger partial charge in [-0.1, -0.05) is 56.1 Å². The van der Waals surface area contributed by atoms with Gasteiger partial charge in [-0.25, -0.2) is 0 Å². The maximum Gasteiger partial charge on any atom is 0.310 e. The molecule has 0 radical (unpaired) electrons. The maximum absolute atomic E-state index is 6.57. The third kappa shape index (κ3) is 3.15. The van der Waals surface area contributed by atoms with Crippen LogP contribution in [-0.4, -0.2) is 6.69 Å². The number of hydrogen-bond donors (Lipinski definition) is 0. The van der Waals surface area contributed by atoms with Gasteiger partial charge in [0.25, 0.3) is 0 Å². The highest BCUT2D eigenvalue weighted by Gasteiger charge is 2.33. The molecule has 0 heterocycles. The van der Waals surface area contributed by atoms with Gasteiger partial charge in [-0.3, -0.25) is 0 Å². The van der Waals surface area contributed by atoms with Gasteiger partial charge in [0.05, 0.1) is 0 Å². The summed E-state index contributed by atoms with van der Waals surface area (Å²) in [6.45, 7) is -2.60. The van der Waals surface area contributed by atoms with Crippen molar-refractivity contribution in [2.75, 3.05) is 0 Å². The maximum atomic E-state index is 6.57. The molecule has 0 saturated carbocycles. The molecule has 0 aliphatic carbocycles. The molecule has 0 fully saturated rings. The van der Waals surface area contributed by atoms with Crippen LogP contribution < -0.4 is 10.4 Å². The van der Waals surface area contributed by atoms with Gasteiger partial charge in [-0.05, 0) is 34.6 Å². The van der Waals surface area contributed by atoms with Gasteiger partial charge in [0.2, 0.25) is 0 Å². The zero-order valence-electron chi connectivity index (χ0n) is 8.63. The summed E-state index contributed by atoms with van der Waals surface area (Å²) in [7, 11) is 0. The number of hydrogen-bond acceptors (Lipinski definition) is 0. The first-order valence-electron chi connectivity index (χ1n) is 4.90. The zero-order chi connectivity index (χ0) is 12.5. The molecule has 0 unspecified atom stereocenters. The molecule has 17 heavy (non-hydrogen) atoms. The highest BCUT2D eigenvalue weighted by Crippen LogP contribution is 2.18. The first-order valence-corrected chi connectivity index (χ1v) is 10.5. The molecule has 0 saturated heterocycles. The highest BCUT2D eigenvalue weighted by atomic mass is 79.9. The Bertz CT molecular complexity index is 462. The molecular formula is C12H8Br2Cl2Si. The molecule has 0 N–H and O–H groups in total. The van der Waals surface area contributed by atoms with Crippen molar-refractivity contribution in [3.63, 3.8) is 0 Å². The standard InChI is InChI=1S/C12H8Br2Cl2Si/c13-9-1-5-11(6-2-9)17(15,16)12-7-3-10(14)4-8-12/h1-8H. The van der Waals surface area contributed by atoms with Crippen molar-refractivity contribution in [1.29, 1.82) is 0 Å². The van der Waals surface area contributed by atoms with E-state index in [2.05, 4.69) is 31.9 Å². The Hall–Kier alpha value is 0.197. The van der Waals surface area contributed by atoms with E-state index < -0.39 is 6.69 Å². The van der Waals surface area contributed by atoms with Crippen LogP contribution in [0.25, 0.3) is 0 Å². The SMILES string of the molecule is Cl[Si](Cl)(c1ccc(Br)cc1)c1ccc(Br)cc1. The second-order valence-electron chi connectivity index (χ2n) is 3.59. The fourth-order valence-corrected chi connectivity index (χ4v) is 5.03. The van der Waals surface area contributed by atoms with Crippen molar-refractivity contribution in [2.24, 2.45) is 0 Å². The molecular weight excluding hydrogens is 403 g/mol. The van der Waals surface area contributed by atoms with Crippen LogP contribution in [0, 0.1) is 0 Å². The Morgan fingerprint density at radius 2 is 0.941 bits per heavy atom. The predicted molar refractivity (Wildman–Crippen MR) is 85.0 cm³/mol. The molecule has 2 rings (SSSR count). The normalized spacial score (nSPS) is 11.5. The van der Waals surface area contributed by atoms with Crippen LogP contribution in [0.5, 0.6) is 0 Å². The van der Waals surface area contributed by atoms with Crippen molar-refractivity contribution in [1.82, 2.24) is 0 Å². The van der Waals surface area contributed by atoms with Crippen LogP contribution >= 0.6 is 54.0 Å². The second-order valence-corrected chi connectivity index (χ2v) is 11.7. The Morgan fingerprint density at radius 1 is 0.647 bits per heavy atom. The summed E-state index contributed by atoms with van der Waals surface area (Å²) in [6.07, 6.45) is 0. The van der Waals surface area contributed by atoms with E-state index in [1.54, 1.807) is 0 Å². The largest absolute Gasteiger partial charge is 0.310 e. The molecule has 0 bridgehead atoms. The van der Waals surface area contributed by atoms with Crippen molar-refractivity contribution in [2.45, 2.75) is 0 Å². The Kier molecular flexibility index (Phi) is 4.37. The van der Waals surface area contributed by atoms with Gasteiger partial charge in [0.15, 0.2) is 0 Å². The average molecular weight is 411 g/mol. The molecule has 2 aromatic rings. The summed E-state index contributed by atoms with van der Waals surface area (Å²) in [5.74, 6) is 0. The predicted octanol–water partition coefficient (Wildman–Crippen LogP) is 4.25. The summed E-state index contributed by atoms with van der Waals surface area (Å²) >= 11 is 19.9. The fraction of sp³-hybridized carbons (Fsp3) is 0. The second kappa shape index (κ2) is 5.45. The summed E-state index contributed by atoms with van der Waals surface area (Å²) in [4.78, 5) is 0. The summed E-state index contributed by atoms with van der Waals surface area (Å²) < 4.78 is 2.05. The van der Waals surface area contributed by atoms with Gasteiger partial charge in [0, 0.05) is 8.95 Å². The Morgan fingerprint density at radius 3 is 1.24 bits per heavy atom. The lowest BCUT2D eigenvalue weighted by Crippen LogP contribution is -2.48. The van der Waals surface area contributed by atoms with E-state index in [1.807, 2.05) is 48.5 Å². The number of benzene rings is 2. The van der Waals surface area contributed by atoms with Crippen molar-refractivity contribution >= 4 is 71.1 Å². The van der Waals surface area contributed by atoms with E-state index in [0.29, 0.717) is 0 Å². The number of halogens is 4. The zero-order valence-corrected chi connectivity index (χ0v) is 14.3. The summed E-state index contributed by atoms with van der Waals surface area (Å²) in [5, 5.41) is 1.98. The first-order chi connectivity index (χ1) is 8.00. The average Bonchev–Trinajstić information content (AvgIpc) is 2.30. The molecule has 2 aromatic carbocycles. The molecule has 0 spiro atoms. The molecule has 0 atom stereocenters. The van der Waals surface area contributed by atoms with Crippen LogP contribution in [0.3, 0.4) is 0 Å². The van der Waals surface area contributed by atoms with Crippen molar-refractivity contribution < 1.29 is 0 Å². The van der Waals surface area contributed by atoms with Crippen LogP contribution in [-0.2, 0) is 0 Å². The molecule has 0 aliphatic rings. The van der Waals surface area contributed by atoms with E-state index in [0.717, 1.165) is 19.3 Å². The van der Waals surface area contributed by atoms with Crippen LogP contribution in [0.4, 0.5) is 0 Å². The quantitative estimate of drug-likeness (QED) is 0.513. The van der Waals surface area contributed by atoms with Gasteiger partial charge >= 0.3 is 6.69 Å². The van der Waals surface area contributed by atoms with E-state index in [-0.39, 0.29) is 0 Å². The van der Waals surface area contributed by atoms with Crippen LogP contribution in [0.1, 0.15) is 0 Å². The third-order valence-electron chi connectivity index (χ3n) is 2.41. The van der Waals surface area contributed by atoms with E-state index in [4.69, 9.17) is 22.2 Å². The summed E-state index contributed by atoms with van der Waals surface area (Å²) in [6, 6.07) is 15.7. The monoisotopic (exact) mass is 408 g/mol. The minimum atomic E-state index is -2.60. The highest BCUT2D eigenvalue weighted by molar-refractivity contribution is 9.10. The van der Waals surface area contributed by atoms with Crippen LogP contribution in [0.15, 0.2) is 57.5 Å². The van der Waals surface area contributed by atoms with Gasteiger partial charge in [-0.15, -0.1) is 22.2 Å². The molecule has 0 nitrogen and oxygen atoms in total. The van der Waals surface area contributed by atoms with Gasteiger partial charge in [-0.2, -0.15) is 0 Å². The van der Waals surface area contributed by atoms with Crippen molar-refractivity contribution in [3.05, 3.63) is 57.5 Å². The molecule has 0 aromatic heterocycles. The smallest absolute Gasteiger partial charge is 0.134 e. The fourth-order valence-electron chi connectivity index (χ4n) is 1.49. The third-order valence-corrected chi connectivity index (χ3v) is 8.21. The lowest BCUT2D eigenvalue weighted by molar-refractivity contribution is 1.67. The molecule has 5 heteroatoms. The summed E-state index contributed by atoms with van der Waals surface area (Å²) in [5.41, 5.74) is 0. The topological polar surface area (TPSA) is 0 Å². The lowest BCUT2D eigenvalue weighted by Gasteiger charge is -2.17. The lowest BCUT2D eigenvalue weighted by atomic mass is 10.4. The van der Waals surface area contributed by atoms with E-state index in [9.17, 15) is 0 Å². The Labute approximate surface area is 128 Å². The van der Waals surface area contributed by atoms with E-state index in [1.165, 1.54) is 0 Å². The van der Waals surface area contributed by atoms with Crippen molar-refractivity contribution in [3.8, 4) is 0 Å². The molecule has 88 valence electrons. The Balaban J connectivity index is 2.41.